The number of benzene rings is 9. The van der Waals surface area contributed by atoms with Crippen LogP contribution in [0.2, 0.25) is 0 Å². The van der Waals surface area contributed by atoms with Crippen molar-refractivity contribution >= 4 is 55.1 Å². The number of hydrogen-bond donors (Lipinski definition) is 1. The third kappa shape index (κ3) is 6.84. The van der Waals surface area contributed by atoms with Gasteiger partial charge in [-0.3, -0.25) is 4.57 Å². The van der Waals surface area contributed by atoms with E-state index in [1.165, 1.54) is 16.5 Å². The first kappa shape index (κ1) is 39.2. The van der Waals surface area contributed by atoms with Crippen LogP contribution in [0.5, 0.6) is 0 Å². The Labute approximate surface area is 392 Å². The van der Waals surface area contributed by atoms with E-state index in [2.05, 4.69) is 184 Å². The molecule has 1 atom stereocenters. The van der Waals surface area contributed by atoms with Crippen LogP contribution < -0.4 is 5.32 Å². The molecule has 320 valence electrons. The molecule has 0 aliphatic carbocycles. The Morgan fingerprint density at radius 1 is 0.353 bits per heavy atom. The van der Waals surface area contributed by atoms with E-state index in [-0.39, 0.29) is 6.04 Å². The van der Waals surface area contributed by atoms with Crippen molar-refractivity contribution in [3.05, 3.63) is 253 Å². The van der Waals surface area contributed by atoms with E-state index in [1.54, 1.807) is 0 Å². The van der Waals surface area contributed by atoms with E-state index in [0.29, 0.717) is 17.6 Å². The quantitative estimate of drug-likeness (QED) is 0.165. The molecule has 0 fully saturated rings. The van der Waals surface area contributed by atoms with Gasteiger partial charge in [0.15, 0.2) is 11.6 Å². The molecule has 12 aromatic rings. The molecule has 7 nitrogen and oxygen atoms in total. The number of fused-ring (bicyclic) bond motifs is 6. The molecule has 0 saturated carbocycles. The molecule has 0 bridgehead atoms. The van der Waals surface area contributed by atoms with Crippen LogP contribution in [-0.4, -0.2) is 29.9 Å². The zero-order valence-electron chi connectivity index (χ0n) is 36.8. The van der Waals surface area contributed by atoms with Gasteiger partial charge in [0.25, 0.3) is 0 Å². The Morgan fingerprint density at radius 3 is 1.51 bits per heavy atom. The Kier molecular flexibility index (Phi) is 9.42. The number of rotatable bonds is 8. The van der Waals surface area contributed by atoms with Crippen LogP contribution in [0.25, 0.3) is 94.8 Å². The van der Waals surface area contributed by atoms with Crippen LogP contribution in [-0.2, 0) is 0 Å². The molecule has 1 aliphatic heterocycles. The first-order chi connectivity index (χ1) is 33.7. The van der Waals surface area contributed by atoms with Crippen LogP contribution in [0.1, 0.15) is 22.7 Å². The fourth-order valence-electron chi connectivity index (χ4n) is 9.79. The Balaban J connectivity index is 0.989. The highest BCUT2D eigenvalue weighted by Gasteiger charge is 2.24. The van der Waals surface area contributed by atoms with Gasteiger partial charge in [0, 0.05) is 43.9 Å². The third-order valence-corrected chi connectivity index (χ3v) is 13.0. The number of nitrogens with one attached hydrogen (secondary N) is 1. The van der Waals surface area contributed by atoms with Gasteiger partial charge in [0.1, 0.15) is 5.84 Å². The molecule has 4 heterocycles. The Morgan fingerprint density at radius 2 is 0.868 bits per heavy atom. The fourth-order valence-corrected chi connectivity index (χ4v) is 9.79. The molecule has 7 heteroatoms. The summed E-state index contributed by atoms with van der Waals surface area (Å²) < 4.78 is 4.58. The van der Waals surface area contributed by atoms with Gasteiger partial charge in [-0.25, -0.2) is 9.98 Å². The summed E-state index contributed by atoms with van der Waals surface area (Å²) in [4.78, 5) is 20.8. The lowest BCUT2D eigenvalue weighted by Gasteiger charge is -2.25. The van der Waals surface area contributed by atoms with Crippen LogP contribution >= 0.6 is 0 Å². The average molecular weight is 872 g/mol. The second-order valence-electron chi connectivity index (χ2n) is 17.1. The SMILES string of the molecule is C1=C(c2ccccc2)N=C(c2cccc(-n3c4ccccc4c4cc5c6ccccc6n(-c6nc(-c7ccccc7)nc(-c7ccccc7)n6)c5cc43)c2)NC1c1cccc(-c2ccccc2)c1. The highest BCUT2D eigenvalue weighted by atomic mass is 15.2. The zero-order chi connectivity index (χ0) is 45.0. The van der Waals surface area contributed by atoms with Crippen molar-refractivity contribution in [3.8, 4) is 45.5 Å². The number of nitrogens with zero attached hydrogens (tertiary/aromatic N) is 6. The summed E-state index contributed by atoms with van der Waals surface area (Å²) in [6.07, 6.45) is 2.24. The van der Waals surface area contributed by atoms with Crippen molar-refractivity contribution < 1.29 is 0 Å². The fraction of sp³-hybridized carbons (Fsp3) is 0.0164. The standard InChI is InChI=1S/C61H41N7/c1-5-19-40(20-6-1)44-27-17-28-45(35-44)53-38-52(41-21-7-2-8-22-41)62-60(63-53)46-29-18-30-47(36-46)67-54-33-15-13-31-48(54)50-37-51-49-32-14-16-34-55(49)68(57(51)39-56(50)67)61-65-58(42-23-9-3-10-24-42)64-59(66-61)43-25-11-4-12-26-43/h1-39,53H,(H,62,63). The molecule has 0 amide bonds. The van der Waals surface area contributed by atoms with Gasteiger partial charge in [0.05, 0.1) is 33.8 Å². The summed E-state index contributed by atoms with van der Waals surface area (Å²) in [5, 5.41) is 8.43. The maximum Gasteiger partial charge on any atom is 0.238 e. The molecule has 13 rings (SSSR count). The molecule has 0 spiro atoms. The highest BCUT2D eigenvalue weighted by Crippen LogP contribution is 2.40. The number of aromatic nitrogens is 5. The molecule has 3 aromatic heterocycles. The minimum absolute atomic E-state index is 0.117. The van der Waals surface area contributed by atoms with Gasteiger partial charge in [-0.2, -0.15) is 9.97 Å². The van der Waals surface area contributed by atoms with E-state index in [4.69, 9.17) is 19.9 Å². The summed E-state index contributed by atoms with van der Waals surface area (Å²) in [5.74, 6) is 2.59. The van der Waals surface area contributed by atoms with E-state index in [1.807, 2.05) is 66.7 Å². The first-order valence-corrected chi connectivity index (χ1v) is 22.9. The number of para-hydroxylation sites is 2. The second kappa shape index (κ2) is 16.3. The third-order valence-electron chi connectivity index (χ3n) is 13.0. The van der Waals surface area contributed by atoms with Gasteiger partial charge in [-0.05, 0) is 70.8 Å². The maximum atomic E-state index is 5.33. The smallest absolute Gasteiger partial charge is 0.238 e. The Bertz CT molecular complexity index is 3870. The lowest BCUT2D eigenvalue weighted by Crippen LogP contribution is -2.31. The summed E-state index contributed by atoms with van der Waals surface area (Å²) in [6, 6.07) is 80.6. The molecular weight excluding hydrogens is 831 g/mol. The molecule has 68 heavy (non-hydrogen) atoms. The maximum absolute atomic E-state index is 5.33. The number of aliphatic imine (C=N–C) groups is 1. The van der Waals surface area contributed by atoms with E-state index >= 15 is 0 Å². The molecule has 0 radical (unpaired) electrons. The highest BCUT2D eigenvalue weighted by molar-refractivity contribution is 6.19. The van der Waals surface area contributed by atoms with Crippen LogP contribution in [0, 0.1) is 0 Å². The van der Waals surface area contributed by atoms with Crippen molar-refractivity contribution in [3.63, 3.8) is 0 Å². The van der Waals surface area contributed by atoms with Crippen molar-refractivity contribution in [2.75, 3.05) is 0 Å². The first-order valence-electron chi connectivity index (χ1n) is 22.9. The minimum atomic E-state index is -0.117. The second-order valence-corrected chi connectivity index (χ2v) is 17.1. The molecule has 0 saturated heterocycles. The summed E-state index contributed by atoms with van der Waals surface area (Å²) >= 11 is 0. The lowest BCUT2D eigenvalue weighted by atomic mass is 9.96. The summed E-state index contributed by atoms with van der Waals surface area (Å²) in [5.41, 5.74) is 13.6. The summed E-state index contributed by atoms with van der Waals surface area (Å²) in [6.45, 7) is 0. The van der Waals surface area contributed by atoms with E-state index in [0.717, 1.165) is 83.3 Å². The zero-order valence-corrected chi connectivity index (χ0v) is 36.8. The normalized spacial score (nSPS) is 13.7. The number of hydrogen-bond acceptors (Lipinski definition) is 5. The topological polar surface area (TPSA) is 72.9 Å². The Hall–Kier alpha value is -9.20. The van der Waals surface area contributed by atoms with Crippen molar-refractivity contribution in [2.24, 2.45) is 4.99 Å². The van der Waals surface area contributed by atoms with Gasteiger partial charge >= 0.3 is 0 Å². The summed E-state index contributed by atoms with van der Waals surface area (Å²) in [7, 11) is 0. The molecule has 1 unspecified atom stereocenters. The lowest BCUT2D eigenvalue weighted by molar-refractivity contribution is 0.781. The molecule has 1 N–H and O–H groups in total. The largest absolute Gasteiger partial charge is 0.359 e. The van der Waals surface area contributed by atoms with Crippen LogP contribution in [0.3, 0.4) is 0 Å². The molecule has 1 aliphatic rings. The molecule has 9 aromatic carbocycles. The van der Waals surface area contributed by atoms with Gasteiger partial charge in [-0.15, -0.1) is 0 Å². The van der Waals surface area contributed by atoms with Crippen LogP contribution in [0.4, 0.5) is 0 Å². The van der Waals surface area contributed by atoms with Gasteiger partial charge < -0.3 is 9.88 Å². The minimum Gasteiger partial charge on any atom is -0.359 e. The molecular formula is C61H41N7. The van der Waals surface area contributed by atoms with Gasteiger partial charge in [0.2, 0.25) is 5.95 Å². The van der Waals surface area contributed by atoms with Crippen molar-refractivity contribution in [1.82, 2.24) is 29.4 Å². The predicted octanol–water partition coefficient (Wildman–Crippen LogP) is 14.2. The van der Waals surface area contributed by atoms with E-state index < -0.39 is 0 Å². The van der Waals surface area contributed by atoms with E-state index in [9.17, 15) is 0 Å². The monoisotopic (exact) mass is 871 g/mol. The predicted molar refractivity (Wildman–Crippen MR) is 278 cm³/mol. The van der Waals surface area contributed by atoms with Gasteiger partial charge in [-0.1, -0.05) is 188 Å². The van der Waals surface area contributed by atoms with Crippen molar-refractivity contribution in [2.45, 2.75) is 6.04 Å². The van der Waals surface area contributed by atoms with Crippen molar-refractivity contribution in [1.29, 1.82) is 0 Å². The average Bonchev–Trinajstić information content (AvgIpc) is 3.93. The number of amidine groups is 1. The van der Waals surface area contributed by atoms with Crippen LogP contribution in [0.15, 0.2) is 242 Å².